The van der Waals surface area contributed by atoms with Gasteiger partial charge >= 0.3 is 0 Å². The van der Waals surface area contributed by atoms with E-state index in [4.69, 9.17) is 4.74 Å². The first-order valence-electron chi connectivity index (χ1n) is 8.17. The third-order valence-electron chi connectivity index (χ3n) is 3.77. The molecule has 0 spiro atoms. The van der Waals surface area contributed by atoms with Crippen LogP contribution in [0.1, 0.15) is 31.4 Å². The predicted octanol–water partition coefficient (Wildman–Crippen LogP) is 2.18. The van der Waals surface area contributed by atoms with E-state index in [0.717, 1.165) is 29.6 Å². The summed E-state index contributed by atoms with van der Waals surface area (Å²) in [6.45, 7) is 3.19. The smallest absolute Gasteiger partial charge is 0.191 e. The molecule has 128 valence electrons. The van der Waals surface area contributed by atoms with E-state index in [2.05, 4.69) is 15.6 Å². The maximum absolute atomic E-state index is 10.3. The first kappa shape index (κ1) is 17.9. The van der Waals surface area contributed by atoms with Crippen LogP contribution >= 0.6 is 11.8 Å². The molecule has 1 saturated heterocycles. The van der Waals surface area contributed by atoms with Crippen LogP contribution < -0.4 is 15.4 Å². The van der Waals surface area contributed by atoms with Gasteiger partial charge in [-0.15, -0.1) is 0 Å². The quantitative estimate of drug-likeness (QED) is 0.548. The molecule has 0 aliphatic carbocycles. The first-order valence-corrected chi connectivity index (χ1v) is 9.33. The number of aliphatic imine (C=N–C) groups is 1. The Morgan fingerprint density at radius 1 is 1.43 bits per heavy atom. The highest BCUT2D eigenvalue weighted by atomic mass is 32.2. The van der Waals surface area contributed by atoms with Gasteiger partial charge in [-0.2, -0.15) is 11.8 Å². The summed E-state index contributed by atoms with van der Waals surface area (Å²) in [5.41, 5.74) is 0.846. The molecular weight excluding hydrogens is 310 g/mol. The van der Waals surface area contributed by atoms with Gasteiger partial charge in [-0.3, -0.25) is 4.99 Å². The van der Waals surface area contributed by atoms with Crippen molar-refractivity contribution in [1.82, 2.24) is 10.6 Å². The zero-order valence-corrected chi connectivity index (χ0v) is 14.7. The average Bonchev–Trinajstić information content (AvgIpc) is 2.60. The number of benzene rings is 1. The van der Waals surface area contributed by atoms with Crippen molar-refractivity contribution in [2.75, 3.05) is 31.7 Å². The molecule has 2 atom stereocenters. The lowest BCUT2D eigenvalue weighted by molar-refractivity contribution is 0.187. The van der Waals surface area contributed by atoms with Crippen molar-refractivity contribution in [1.29, 1.82) is 0 Å². The van der Waals surface area contributed by atoms with Crippen LogP contribution in [0, 0.1) is 0 Å². The SMILES string of the molecule is CCNC(=NCC(O)c1ccc(OC)cc1)NC1CCCSC1. The number of nitrogens with zero attached hydrogens (tertiary/aromatic N) is 1. The lowest BCUT2D eigenvalue weighted by Gasteiger charge is -2.24. The Hall–Kier alpha value is -1.40. The number of methoxy groups -OCH3 is 1. The summed E-state index contributed by atoms with van der Waals surface area (Å²) in [6, 6.07) is 7.91. The molecule has 1 fully saturated rings. The second-order valence-corrected chi connectivity index (χ2v) is 6.72. The Labute approximate surface area is 142 Å². The Morgan fingerprint density at radius 2 is 2.22 bits per heavy atom. The van der Waals surface area contributed by atoms with E-state index < -0.39 is 6.10 Å². The van der Waals surface area contributed by atoms with Gasteiger partial charge in [0.15, 0.2) is 5.96 Å². The second kappa shape index (κ2) is 9.67. The molecule has 0 saturated carbocycles. The molecule has 1 aliphatic rings. The van der Waals surface area contributed by atoms with Gasteiger partial charge < -0.3 is 20.5 Å². The number of hydrogen-bond donors (Lipinski definition) is 3. The Balaban J connectivity index is 1.92. The monoisotopic (exact) mass is 337 g/mol. The zero-order chi connectivity index (χ0) is 16.5. The van der Waals surface area contributed by atoms with Crippen molar-refractivity contribution in [2.24, 2.45) is 4.99 Å². The number of thioether (sulfide) groups is 1. The highest BCUT2D eigenvalue weighted by Crippen LogP contribution is 2.18. The number of nitrogens with one attached hydrogen (secondary N) is 2. The molecule has 0 radical (unpaired) electrons. The van der Waals surface area contributed by atoms with Crippen molar-refractivity contribution in [3.05, 3.63) is 29.8 Å². The van der Waals surface area contributed by atoms with Crippen molar-refractivity contribution < 1.29 is 9.84 Å². The normalized spacial score (nSPS) is 20.0. The fourth-order valence-electron chi connectivity index (χ4n) is 2.48. The van der Waals surface area contributed by atoms with Crippen molar-refractivity contribution in [2.45, 2.75) is 31.9 Å². The van der Waals surface area contributed by atoms with Gasteiger partial charge in [0.2, 0.25) is 0 Å². The van der Waals surface area contributed by atoms with Crippen LogP contribution in [0.25, 0.3) is 0 Å². The molecule has 1 aromatic rings. The number of rotatable bonds is 6. The average molecular weight is 337 g/mol. The molecule has 3 N–H and O–H groups in total. The summed E-state index contributed by atoms with van der Waals surface area (Å²) in [4.78, 5) is 4.53. The van der Waals surface area contributed by atoms with Crippen LogP contribution in [0.15, 0.2) is 29.3 Å². The highest BCUT2D eigenvalue weighted by Gasteiger charge is 2.15. The minimum Gasteiger partial charge on any atom is -0.497 e. The third-order valence-corrected chi connectivity index (χ3v) is 4.98. The Bertz CT molecular complexity index is 487. The number of aliphatic hydroxyl groups excluding tert-OH is 1. The van der Waals surface area contributed by atoms with E-state index in [1.54, 1.807) is 7.11 Å². The van der Waals surface area contributed by atoms with Crippen LogP contribution in [-0.4, -0.2) is 48.8 Å². The maximum Gasteiger partial charge on any atom is 0.191 e. The number of ether oxygens (including phenoxy) is 1. The van der Waals surface area contributed by atoms with Gasteiger partial charge in [-0.1, -0.05) is 12.1 Å². The summed E-state index contributed by atoms with van der Waals surface area (Å²) >= 11 is 1.98. The van der Waals surface area contributed by atoms with Gasteiger partial charge in [0.05, 0.1) is 19.8 Å². The van der Waals surface area contributed by atoms with Gasteiger partial charge in [0, 0.05) is 18.3 Å². The van der Waals surface area contributed by atoms with Crippen LogP contribution in [0.5, 0.6) is 5.75 Å². The molecular formula is C17H27N3O2S. The fourth-order valence-corrected chi connectivity index (χ4v) is 3.55. The summed E-state index contributed by atoms with van der Waals surface area (Å²) < 4.78 is 5.13. The zero-order valence-electron chi connectivity index (χ0n) is 13.9. The minimum absolute atomic E-state index is 0.335. The van der Waals surface area contributed by atoms with Crippen LogP contribution in [-0.2, 0) is 0 Å². The molecule has 6 heteroatoms. The van der Waals surface area contributed by atoms with Gasteiger partial charge in [-0.05, 0) is 43.2 Å². The summed E-state index contributed by atoms with van der Waals surface area (Å²) in [6.07, 6.45) is 1.81. The van der Waals surface area contributed by atoms with Crippen LogP contribution in [0.2, 0.25) is 0 Å². The molecule has 0 amide bonds. The number of aliphatic hydroxyl groups is 1. The molecule has 1 heterocycles. The van der Waals surface area contributed by atoms with E-state index in [-0.39, 0.29) is 0 Å². The molecule has 0 bridgehead atoms. The Morgan fingerprint density at radius 3 is 2.83 bits per heavy atom. The third kappa shape index (κ3) is 5.95. The molecule has 2 rings (SSSR count). The van der Waals surface area contributed by atoms with E-state index in [1.807, 2.05) is 43.0 Å². The molecule has 1 aromatic carbocycles. The molecule has 5 nitrogen and oxygen atoms in total. The number of hydrogen-bond acceptors (Lipinski definition) is 4. The fraction of sp³-hybridized carbons (Fsp3) is 0.588. The predicted molar refractivity (Wildman–Crippen MR) is 97.4 cm³/mol. The lowest BCUT2D eigenvalue weighted by atomic mass is 10.1. The van der Waals surface area contributed by atoms with Gasteiger partial charge in [0.1, 0.15) is 5.75 Å². The largest absolute Gasteiger partial charge is 0.497 e. The van der Waals surface area contributed by atoms with Crippen LogP contribution in [0.3, 0.4) is 0 Å². The van der Waals surface area contributed by atoms with Crippen molar-refractivity contribution in [3.63, 3.8) is 0 Å². The molecule has 23 heavy (non-hydrogen) atoms. The first-order chi connectivity index (χ1) is 11.2. The Kier molecular flexibility index (Phi) is 7.55. The van der Waals surface area contributed by atoms with Gasteiger partial charge in [-0.25, -0.2) is 0 Å². The molecule has 1 aliphatic heterocycles. The van der Waals surface area contributed by atoms with E-state index >= 15 is 0 Å². The molecule has 2 unspecified atom stereocenters. The van der Waals surface area contributed by atoms with Gasteiger partial charge in [0.25, 0.3) is 0 Å². The molecule has 0 aromatic heterocycles. The van der Waals surface area contributed by atoms with Crippen LogP contribution in [0.4, 0.5) is 0 Å². The lowest BCUT2D eigenvalue weighted by Crippen LogP contribution is -2.45. The van der Waals surface area contributed by atoms with Crippen molar-refractivity contribution >= 4 is 17.7 Å². The summed E-state index contributed by atoms with van der Waals surface area (Å²) in [5.74, 6) is 3.94. The summed E-state index contributed by atoms with van der Waals surface area (Å²) in [7, 11) is 1.63. The second-order valence-electron chi connectivity index (χ2n) is 5.57. The van der Waals surface area contributed by atoms with Crippen molar-refractivity contribution in [3.8, 4) is 5.75 Å². The van der Waals surface area contributed by atoms with E-state index in [0.29, 0.717) is 12.6 Å². The number of guanidine groups is 1. The minimum atomic E-state index is -0.614. The maximum atomic E-state index is 10.3. The summed E-state index contributed by atoms with van der Waals surface area (Å²) in [5, 5.41) is 17.0. The van der Waals surface area contributed by atoms with E-state index in [1.165, 1.54) is 18.6 Å². The topological polar surface area (TPSA) is 65.9 Å². The highest BCUT2D eigenvalue weighted by molar-refractivity contribution is 7.99. The standard InChI is InChI=1S/C17H27N3O2S/c1-3-18-17(20-14-5-4-10-23-12-14)19-11-16(21)13-6-8-15(22-2)9-7-13/h6-9,14,16,21H,3-5,10-12H2,1-2H3,(H2,18,19,20). The van der Waals surface area contributed by atoms with E-state index in [9.17, 15) is 5.11 Å².